The molecule has 4 aromatic rings. The number of unbranched alkanes of at least 4 members (excludes halogenated alkanes) is 19. The summed E-state index contributed by atoms with van der Waals surface area (Å²) >= 11 is 0. The predicted octanol–water partition coefficient (Wildman–Crippen LogP) is 12.4. The van der Waals surface area contributed by atoms with Crippen LogP contribution in [-0.2, 0) is 6.54 Å². The standard InChI is InChI=1S/C42H58N2O3/c1-2-35-29-30-39-37(34-35)36-26-21-22-27-38(36)44(39)32-23-19-17-15-13-11-9-7-5-3-4-6-8-10-12-14-16-18-20-24-33-47-40-28-25-31-43-41(40)42(45)46/h2,21-22,25-31,34H,1,3-20,23-24,32-33H2,(H,45,46). The zero-order chi connectivity index (χ0) is 32.9. The van der Waals surface area contributed by atoms with Gasteiger partial charge in [0.1, 0.15) is 0 Å². The van der Waals surface area contributed by atoms with Crippen molar-refractivity contribution in [1.29, 1.82) is 0 Å². The number of carboxylic acid groups (broad SMARTS) is 1. The molecule has 0 saturated heterocycles. The van der Waals surface area contributed by atoms with Crippen LogP contribution in [0.4, 0.5) is 0 Å². The molecule has 5 nitrogen and oxygen atoms in total. The van der Waals surface area contributed by atoms with Gasteiger partial charge < -0.3 is 14.4 Å². The summed E-state index contributed by atoms with van der Waals surface area (Å²) in [5.41, 5.74) is 3.89. The highest BCUT2D eigenvalue weighted by atomic mass is 16.5. The summed E-state index contributed by atoms with van der Waals surface area (Å²) in [6.07, 6.45) is 30.0. The van der Waals surface area contributed by atoms with Crippen LogP contribution in [0.1, 0.15) is 144 Å². The molecule has 47 heavy (non-hydrogen) atoms. The van der Waals surface area contributed by atoms with Crippen molar-refractivity contribution >= 4 is 33.9 Å². The van der Waals surface area contributed by atoms with Crippen molar-refractivity contribution in [3.8, 4) is 5.75 Å². The van der Waals surface area contributed by atoms with Crippen molar-refractivity contribution in [1.82, 2.24) is 9.55 Å². The van der Waals surface area contributed by atoms with Crippen LogP contribution in [0, 0.1) is 0 Å². The minimum absolute atomic E-state index is 0.00353. The number of hydrogen-bond donors (Lipinski definition) is 1. The number of fused-ring (bicyclic) bond motifs is 3. The van der Waals surface area contributed by atoms with E-state index < -0.39 is 5.97 Å². The number of carbonyl (C=O) groups is 1. The molecule has 0 aliphatic carbocycles. The lowest BCUT2D eigenvalue weighted by Gasteiger charge is -2.08. The van der Waals surface area contributed by atoms with E-state index >= 15 is 0 Å². The number of aromatic carboxylic acids is 1. The van der Waals surface area contributed by atoms with Gasteiger partial charge in [-0.05, 0) is 48.7 Å². The fourth-order valence-electron chi connectivity index (χ4n) is 6.84. The van der Waals surface area contributed by atoms with Crippen molar-refractivity contribution in [3.05, 3.63) is 78.6 Å². The molecule has 0 spiro atoms. The van der Waals surface area contributed by atoms with E-state index in [4.69, 9.17) is 9.84 Å². The fourth-order valence-corrected chi connectivity index (χ4v) is 6.84. The minimum atomic E-state index is -1.04. The third kappa shape index (κ3) is 12.2. The SMILES string of the molecule is C=Cc1ccc2c(c1)c1ccccc1n2CCCCCCCCCCCCCCCCCCCCCCOc1cccnc1C(=O)O. The van der Waals surface area contributed by atoms with Gasteiger partial charge in [0.2, 0.25) is 0 Å². The average molecular weight is 639 g/mol. The van der Waals surface area contributed by atoms with Crippen LogP contribution >= 0.6 is 0 Å². The van der Waals surface area contributed by atoms with Crippen LogP contribution < -0.4 is 4.74 Å². The van der Waals surface area contributed by atoms with E-state index in [2.05, 4.69) is 58.6 Å². The molecular weight excluding hydrogens is 580 g/mol. The second-order valence-corrected chi connectivity index (χ2v) is 13.2. The van der Waals surface area contributed by atoms with Crippen molar-refractivity contribution in [3.63, 3.8) is 0 Å². The number of aryl methyl sites for hydroxylation is 1. The van der Waals surface area contributed by atoms with E-state index in [9.17, 15) is 4.79 Å². The van der Waals surface area contributed by atoms with Crippen LogP contribution in [0.25, 0.3) is 27.9 Å². The number of benzene rings is 2. The van der Waals surface area contributed by atoms with Crippen LogP contribution in [-0.4, -0.2) is 27.2 Å². The van der Waals surface area contributed by atoms with Crippen molar-refractivity contribution in [2.24, 2.45) is 0 Å². The molecule has 0 aliphatic rings. The molecular formula is C42H58N2O3. The smallest absolute Gasteiger partial charge is 0.358 e. The molecule has 0 unspecified atom stereocenters. The average Bonchev–Trinajstić information content (AvgIpc) is 3.41. The highest BCUT2D eigenvalue weighted by Gasteiger charge is 2.12. The summed E-state index contributed by atoms with van der Waals surface area (Å²) in [6, 6.07) is 18.9. The van der Waals surface area contributed by atoms with E-state index in [0.29, 0.717) is 12.4 Å². The summed E-state index contributed by atoms with van der Waals surface area (Å²) in [4.78, 5) is 15.1. The summed E-state index contributed by atoms with van der Waals surface area (Å²) in [5.74, 6) is -0.673. The Balaban J connectivity index is 0.892. The molecule has 0 radical (unpaired) electrons. The van der Waals surface area contributed by atoms with Gasteiger partial charge in [-0.3, -0.25) is 0 Å². The normalized spacial score (nSPS) is 11.4. The second kappa shape index (κ2) is 21.3. The summed E-state index contributed by atoms with van der Waals surface area (Å²) < 4.78 is 8.15. The van der Waals surface area contributed by atoms with Gasteiger partial charge in [-0.15, -0.1) is 0 Å². The number of hydrogen-bond acceptors (Lipinski definition) is 3. The molecule has 1 N–H and O–H groups in total. The van der Waals surface area contributed by atoms with E-state index in [1.807, 2.05) is 6.08 Å². The molecule has 0 atom stereocenters. The molecule has 254 valence electrons. The topological polar surface area (TPSA) is 64.4 Å². The first-order chi connectivity index (χ1) is 23.2. The molecule has 0 fully saturated rings. The Morgan fingerprint density at radius 3 is 1.77 bits per heavy atom. The fraction of sp³-hybridized carbons (Fsp3) is 0.524. The molecule has 0 amide bonds. The van der Waals surface area contributed by atoms with Crippen molar-refractivity contribution < 1.29 is 14.6 Å². The number of para-hydroxylation sites is 1. The van der Waals surface area contributed by atoms with E-state index in [-0.39, 0.29) is 5.69 Å². The number of carboxylic acids is 1. The van der Waals surface area contributed by atoms with Gasteiger partial charge >= 0.3 is 5.97 Å². The molecule has 4 rings (SSSR count). The van der Waals surface area contributed by atoms with Gasteiger partial charge in [0.05, 0.1) is 6.61 Å². The zero-order valence-corrected chi connectivity index (χ0v) is 28.8. The first-order valence-corrected chi connectivity index (χ1v) is 18.6. The maximum absolute atomic E-state index is 11.2. The first-order valence-electron chi connectivity index (χ1n) is 18.6. The largest absolute Gasteiger partial charge is 0.491 e. The Bertz CT molecular complexity index is 1490. The molecule has 5 heteroatoms. The molecule has 2 aromatic heterocycles. The summed E-state index contributed by atoms with van der Waals surface area (Å²) in [7, 11) is 0. The Labute approximate surface area is 283 Å². The van der Waals surface area contributed by atoms with Crippen molar-refractivity contribution in [2.75, 3.05) is 6.61 Å². The van der Waals surface area contributed by atoms with E-state index in [1.54, 1.807) is 12.1 Å². The number of nitrogens with zero attached hydrogens (tertiary/aromatic N) is 2. The van der Waals surface area contributed by atoms with E-state index in [1.165, 1.54) is 149 Å². The lowest BCUT2D eigenvalue weighted by molar-refractivity contribution is 0.0685. The summed E-state index contributed by atoms with van der Waals surface area (Å²) in [5, 5.41) is 11.9. The maximum Gasteiger partial charge on any atom is 0.358 e. The second-order valence-electron chi connectivity index (χ2n) is 13.2. The third-order valence-electron chi connectivity index (χ3n) is 9.54. The Hall–Kier alpha value is -3.60. The van der Waals surface area contributed by atoms with Gasteiger partial charge in [-0.25, -0.2) is 9.78 Å². The first kappa shape index (κ1) is 36.2. The maximum atomic E-state index is 11.2. The highest BCUT2D eigenvalue weighted by Crippen LogP contribution is 2.30. The van der Waals surface area contributed by atoms with Gasteiger partial charge in [0.25, 0.3) is 0 Å². The van der Waals surface area contributed by atoms with Crippen molar-refractivity contribution in [2.45, 2.75) is 135 Å². The Morgan fingerprint density at radius 2 is 1.19 bits per heavy atom. The zero-order valence-electron chi connectivity index (χ0n) is 28.8. The summed E-state index contributed by atoms with van der Waals surface area (Å²) in [6.45, 7) is 5.60. The van der Waals surface area contributed by atoms with Crippen LogP contribution in [0.2, 0.25) is 0 Å². The molecule has 0 bridgehead atoms. The highest BCUT2D eigenvalue weighted by molar-refractivity contribution is 6.08. The lowest BCUT2D eigenvalue weighted by atomic mass is 10.0. The van der Waals surface area contributed by atoms with Gasteiger partial charge in [0, 0.05) is 34.5 Å². The van der Waals surface area contributed by atoms with Crippen LogP contribution in [0.15, 0.2) is 67.4 Å². The lowest BCUT2D eigenvalue weighted by Crippen LogP contribution is -2.06. The number of ether oxygens (including phenoxy) is 1. The monoisotopic (exact) mass is 638 g/mol. The molecule has 0 saturated carbocycles. The van der Waals surface area contributed by atoms with E-state index in [0.717, 1.165) is 19.4 Å². The number of rotatable bonds is 26. The molecule has 0 aliphatic heterocycles. The van der Waals surface area contributed by atoms with Crippen LogP contribution in [0.3, 0.4) is 0 Å². The molecule has 2 heterocycles. The van der Waals surface area contributed by atoms with Gasteiger partial charge in [0.15, 0.2) is 11.4 Å². The van der Waals surface area contributed by atoms with Gasteiger partial charge in [-0.1, -0.05) is 152 Å². The Morgan fingerprint density at radius 1 is 0.660 bits per heavy atom. The number of pyridine rings is 1. The Kier molecular flexibility index (Phi) is 16.4. The quantitative estimate of drug-likeness (QED) is 0.0695. The molecule has 2 aromatic carbocycles. The third-order valence-corrected chi connectivity index (χ3v) is 9.54. The predicted molar refractivity (Wildman–Crippen MR) is 199 cm³/mol. The van der Waals surface area contributed by atoms with Crippen LogP contribution in [0.5, 0.6) is 5.75 Å². The number of aromatic nitrogens is 2. The van der Waals surface area contributed by atoms with Gasteiger partial charge in [-0.2, -0.15) is 0 Å². The minimum Gasteiger partial charge on any atom is -0.491 e.